The van der Waals surface area contributed by atoms with E-state index in [0.717, 1.165) is 31.5 Å². The van der Waals surface area contributed by atoms with Crippen LogP contribution in [0.1, 0.15) is 19.8 Å². The molecule has 0 aliphatic carbocycles. The largest absolute Gasteiger partial charge is 0.494 e. The van der Waals surface area contributed by atoms with Gasteiger partial charge in [0.25, 0.3) is 5.78 Å². The van der Waals surface area contributed by atoms with E-state index in [1.807, 2.05) is 0 Å². The first kappa shape index (κ1) is 17.4. The number of nitrogens with zero attached hydrogens (tertiary/aromatic N) is 5. The van der Waals surface area contributed by atoms with Crippen LogP contribution in [0.2, 0.25) is 0 Å². The van der Waals surface area contributed by atoms with Crippen molar-refractivity contribution in [1.82, 2.24) is 19.6 Å². The quantitative estimate of drug-likeness (QED) is 0.698. The highest BCUT2D eigenvalue weighted by Crippen LogP contribution is 2.42. The van der Waals surface area contributed by atoms with Gasteiger partial charge in [0, 0.05) is 24.2 Å². The molecule has 1 atom stereocenters. The highest BCUT2D eigenvalue weighted by atomic mass is 19.1. The number of benzene rings is 1. The second-order valence-corrected chi connectivity index (χ2v) is 6.44. The topological polar surface area (TPSA) is 64.8 Å². The molecule has 0 spiro atoms. The molecule has 1 aliphatic heterocycles. The van der Waals surface area contributed by atoms with E-state index in [2.05, 4.69) is 26.9 Å². The summed E-state index contributed by atoms with van der Waals surface area (Å²) in [5.41, 5.74) is 0.368. The van der Waals surface area contributed by atoms with Gasteiger partial charge in [-0.3, -0.25) is 0 Å². The number of ether oxygens (including phenoxy) is 2. The third kappa shape index (κ3) is 2.73. The molecule has 27 heavy (non-hydrogen) atoms. The minimum absolute atomic E-state index is 0.0316. The van der Waals surface area contributed by atoms with Gasteiger partial charge in [-0.25, -0.2) is 8.78 Å². The summed E-state index contributed by atoms with van der Waals surface area (Å²) in [6.45, 7) is 2.84. The van der Waals surface area contributed by atoms with Crippen molar-refractivity contribution in [3.8, 4) is 22.8 Å². The van der Waals surface area contributed by atoms with Crippen molar-refractivity contribution in [2.24, 2.45) is 0 Å². The predicted octanol–water partition coefficient (Wildman–Crippen LogP) is 3.08. The number of methoxy groups -OCH3 is 2. The fraction of sp³-hybridized carbons (Fsp3) is 0.389. The van der Waals surface area contributed by atoms with Crippen LogP contribution in [0.5, 0.6) is 11.6 Å². The molecule has 3 heterocycles. The van der Waals surface area contributed by atoms with Crippen molar-refractivity contribution in [3.63, 3.8) is 0 Å². The maximum Gasteiger partial charge on any atom is 0.257 e. The van der Waals surface area contributed by atoms with Crippen molar-refractivity contribution in [3.05, 3.63) is 30.1 Å². The minimum atomic E-state index is -0.671. The Bertz CT molecular complexity index is 1010. The van der Waals surface area contributed by atoms with E-state index < -0.39 is 11.6 Å². The van der Waals surface area contributed by atoms with E-state index in [1.54, 1.807) is 4.52 Å². The third-order valence-electron chi connectivity index (χ3n) is 4.90. The molecule has 1 unspecified atom stereocenters. The number of hydrogen-bond donors (Lipinski definition) is 0. The summed E-state index contributed by atoms with van der Waals surface area (Å²) in [7, 11) is 2.73. The second-order valence-electron chi connectivity index (χ2n) is 6.44. The van der Waals surface area contributed by atoms with Crippen LogP contribution < -0.4 is 14.4 Å². The molecule has 1 saturated heterocycles. The average Bonchev–Trinajstić information content (AvgIpc) is 3.30. The summed E-state index contributed by atoms with van der Waals surface area (Å²) in [5, 5.41) is 4.25. The van der Waals surface area contributed by atoms with E-state index in [9.17, 15) is 8.78 Å². The Labute approximate surface area is 154 Å². The van der Waals surface area contributed by atoms with Crippen molar-refractivity contribution < 1.29 is 18.3 Å². The summed E-state index contributed by atoms with van der Waals surface area (Å²) in [6, 6.07) is 2.32. The Morgan fingerprint density at radius 3 is 2.63 bits per heavy atom. The van der Waals surface area contributed by atoms with Gasteiger partial charge < -0.3 is 14.4 Å². The molecule has 0 saturated carbocycles. The fourth-order valence-electron chi connectivity index (χ4n) is 3.58. The molecule has 1 fully saturated rings. The highest BCUT2D eigenvalue weighted by molar-refractivity contribution is 5.83. The average molecular weight is 375 g/mol. The number of anilines is 1. The van der Waals surface area contributed by atoms with Gasteiger partial charge in [-0.05, 0) is 25.8 Å². The molecule has 0 radical (unpaired) electrons. The molecule has 4 rings (SSSR count). The molecule has 7 nitrogen and oxygen atoms in total. The maximum absolute atomic E-state index is 14.9. The molecule has 0 amide bonds. The molecular formula is C18H19F2N5O2. The lowest BCUT2D eigenvalue weighted by Gasteiger charge is -2.27. The van der Waals surface area contributed by atoms with Gasteiger partial charge in [-0.15, -0.1) is 0 Å². The van der Waals surface area contributed by atoms with Crippen molar-refractivity contribution in [1.29, 1.82) is 0 Å². The smallest absolute Gasteiger partial charge is 0.257 e. The Kier molecular flexibility index (Phi) is 4.29. The first-order chi connectivity index (χ1) is 13.0. The molecule has 142 valence electrons. The standard InChI is InChI=1S/C18H19F2N5O2/c1-10-5-4-6-24(10)17-15(11-7-13(20)14(26-2)8-12(11)19)16(27-3)23-18-21-9-22-25(17)18/h7-10H,4-6H2,1-3H3. The first-order valence-electron chi connectivity index (χ1n) is 8.63. The zero-order valence-electron chi connectivity index (χ0n) is 15.2. The van der Waals surface area contributed by atoms with Crippen molar-refractivity contribution >= 4 is 11.6 Å². The predicted molar refractivity (Wildman–Crippen MR) is 95.3 cm³/mol. The van der Waals surface area contributed by atoms with E-state index >= 15 is 0 Å². The lowest BCUT2D eigenvalue weighted by molar-refractivity contribution is 0.382. The van der Waals surface area contributed by atoms with E-state index in [0.29, 0.717) is 17.2 Å². The first-order valence-corrected chi connectivity index (χ1v) is 8.63. The van der Waals surface area contributed by atoms with E-state index in [4.69, 9.17) is 9.47 Å². The Morgan fingerprint density at radius 1 is 1.15 bits per heavy atom. The van der Waals surface area contributed by atoms with Gasteiger partial charge in [-0.2, -0.15) is 19.6 Å². The van der Waals surface area contributed by atoms with Crippen LogP contribution in [0.3, 0.4) is 0 Å². The van der Waals surface area contributed by atoms with E-state index in [-0.39, 0.29) is 23.2 Å². The summed E-state index contributed by atoms with van der Waals surface area (Å²) in [5.74, 6) is -0.396. The zero-order chi connectivity index (χ0) is 19.1. The second kappa shape index (κ2) is 6.64. The molecule has 0 bridgehead atoms. The van der Waals surface area contributed by atoms with Crippen LogP contribution >= 0.6 is 0 Å². The number of hydrogen-bond acceptors (Lipinski definition) is 6. The monoisotopic (exact) mass is 375 g/mol. The molecular weight excluding hydrogens is 356 g/mol. The molecule has 1 aliphatic rings. The van der Waals surface area contributed by atoms with Crippen LogP contribution in [-0.4, -0.2) is 46.4 Å². The molecule has 2 aromatic heterocycles. The Balaban J connectivity index is 2.06. The lowest BCUT2D eigenvalue weighted by Crippen LogP contribution is -2.29. The lowest BCUT2D eigenvalue weighted by atomic mass is 10.0. The summed E-state index contributed by atoms with van der Waals surface area (Å²) < 4.78 is 41.2. The Hall–Kier alpha value is -2.97. The van der Waals surface area contributed by atoms with Gasteiger partial charge in [0.05, 0.1) is 19.8 Å². The van der Waals surface area contributed by atoms with Crippen molar-refractivity contribution in [2.75, 3.05) is 25.7 Å². The summed E-state index contributed by atoms with van der Waals surface area (Å²) >= 11 is 0. The normalized spacial score (nSPS) is 16.9. The van der Waals surface area contributed by atoms with Crippen molar-refractivity contribution in [2.45, 2.75) is 25.8 Å². The zero-order valence-corrected chi connectivity index (χ0v) is 15.2. The van der Waals surface area contributed by atoms with E-state index in [1.165, 1.54) is 20.5 Å². The summed E-state index contributed by atoms with van der Waals surface area (Å²) in [4.78, 5) is 10.6. The van der Waals surface area contributed by atoms with Gasteiger partial charge in [0.2, 0.25) is 5.88 Å². The van der Waals surface area contributed by atoms with Crippen LogP contribution in [0.25, 0.3) is 16.9 Å². The fourth-order valence-corrected chi connectivity index (χ4v) is 3.58. The molecule has 0 N–H and O–H groups in total. The van der Waals surface area contributed by atoms with Gasteiger partial charge in [-0.1, -0.05) is 0 Å². The highest BCUT2D eigenvalue weighted by Gasteiger charge is 2.31. The molecule has 9 heteroatoms. The summed E-state index contributed by atoms with van der Waals surface area (Å²) in [6.07, 6.45) is 3.35. The van der Waals surface area contributed by atoms with Crippen LogP contribution in [0.4, 0.5) is 14.6 Å². The van der Waals surface area contributed by atoms with Gasteiger partial charge in [0.1, 0.15) is 18.0 Å². The number of rotatable bonds is 4. The number of fused-ring (bicyclic) bond motifs is 1. The number of aromatic nitrogens is 4. The Morgan fingerprint density at radius 2 is 1.96 bits per heavy atom. The van der Waals surface area contributed by atoms with Gasteiger partial charge in [0.15, 0.2) is 11.6 Å². The maximum atomic E-state index is 14.9. The third-order valence-corrected chi connectivity index (χ3v) is 4.90. The molecule has 3 aromatic rings. The SMILES string of the molecule is COc1cc(F)c(-c2c(OC)nc3ncnn3c2N2CCCC2C)cc1F. The molecule has 1 aromatic carbocycles. The van der Waals surface area contributed by atoms with Crippen LogP contribution in [0, 0.1) is 11.6 Å². The van der Waals surface area contributed by atoms with Crippen LogP contribution in [0.15, 0.2) is 18.5 Å². The van der Waals surface area contributed by atoms with Gasteiger partial charge >= 0.3 is 0 Å². The minimum Gasteiger partial charge on any atom is -0.494 e. The van der Waals surface area contributed by atoms with Crippen LogP contribution in [-0.2, 0) is 0 Å². The number of halogens is 2.